The molecule has 2 aromatic rings. The molecule has 27 heavy (non-hydrogen) atoms. The van der Waals surface area contributed by atoms with Crippen LogP contribution in [0.25, 0.3) is 0 Å². The zero-order valence-electron chi connectivity index (χ0n) is 14.7. The van der Waals surface area contributed by atoms with Crippen LogP contribution in [0.3, 0.4) is 0 Å². The van der Waals surface area contributed by atoms with Gasteiger partial charge < -0.3 is 14.1 Å². The Morgan fingerprint density at radius 1 is 1.30 bits per heavy atom. The molecule has 2 aliphatic rings. The number of hydrogen-bond donors (Lipinski definition) is 0. The van der Waals surface area contributed by atoms with Gasteiger partial charge in [0, 0.05) is 5.92 Å². The van der Waals surface area contributed by atoms with Crippen molar-refractivity contribution in [2.75, 3.05) is 13.2 Å². The molecule has 0 N–H and O–H groups in total. The fourth-order valence-corrected chi connectivity index (χ4v) is 3.35. The molecular formula is C19H19F3N2O3. The monoisotopic (exact) mass is 380 g/mol. The number of rotatable bonds is 3. The van der Waals surface area contributed by atoms with Crippen LogP contribution in [0.15, 0.2) is 35.1 Å². The zero-order valence-corrected chi connectivity index (χ0v) is 14.7. The maximum atomic E-state index is 13.0. The fraction of sp³-hybridized carbons (Fsp3) is 0.474. The van der Waals surface area contributed by atoms with E-state index in [2.05, 4.69) is 4.98 Å². The summed E-state index contributed by atoms with van der Waals surface area (Å²) in [5, 5.41) is 0. The van der Waals surface area contributed by atoms with Crippen molar-refractivity contribution in [2.45, 2.75) is 44.0 Å². The molecule has 8 heteroatoms. The second-order valence-corrected chi connectivity index (χ2v) is 7.09. The molecule has 0 spiro atoms. The predicted octanol–water partition coefficient (Wildman–Crippen LogP) is 4.17. The van der Waals surface area contributed by atoms with Crippen LogP contribution in [0.1, 0.15) is 59.2 Å². The lowest BCUT2D eigenvalue weighted by Gasteiger charge is -2.38. The van der Waals surface area contributed by atoms with E-state index in [0.717, 1.165) is 25.0 Å². The quantitative estimate of drug-likeness (QED) is 0.802. The fourth-order valence-electron chi connectivity index (χ4n) is 3.35. The number of ether oxygens (including phenoxy) is 1. The van der Waals surface area contributed by atoms with Gasteiger partial charge in [-0.05, 0) is 37.5 Å². The number of alkyl halides is 3. The summed E-state index contributed by atoms with van der Waals surface area (Å²) in [6, 6.07) is 4.83. The van der Waals surface area contributed by atoms with Gasteiger partial charge >= 0.3 is 6.18 Å². The number of hydrogen-bond acceptors (Lipinski definition) is 4. The van der Waals surface area contributed by atoms with Crippen LogP contribution in [-0.2, 0) is 10.9 Å². The Bertz CT molecular complexity index is 845. The number of carbonyl (C=O) groups excluding carboxylic acids is 1. The molecule has 1 saturated heterocycles. The first-order valence-corrected chi connectivity index (χ1v) is 8.87. The van der Waals surface area contributed by atoms with E-state index < -0.39 is 17.8 Å². The van der Waals surface area contributed by atoms with E-state index in [0.29, 0.717) is 11.3 Å². The van der Waals surface area contributed by atoms with Gasteiger partial charge in [-0.15, -0.1) is 0 Å². The maximum Gasteiger partial charge on any atom is 0.416 e. The lowest BCUT2D eigenvalue weighted by molar-refractivity contribution is -0.137. The molecule has 0 bridgehead atoms. The number of benzene rings is 1. The van der Waals surface area contributed by atoms with Gasteiger partial charge in [-0.2, -0.15) is 13.2 Å². The predicted molar refractivity (Wildman–Crippen MR) is 89.1 cm³/mol. The first-order chi connectivity index (χ1) is 12.8. The van der Waals surface area contributed by atoms with Crippen molar-refractivity contribution in [1.29, 1.82) is 0 Å². The lowest BCUT2D eigenvalue weighted by Crippen LogP contribution is -2.48. The standard InChI is InChI=1S/C19H19F3N2O3/c1-11-9-26-15(13-3-2-4-14(7-13)19(20,21)22)8-24(11)18(25)17-16(12-5-6-12)23-10-27-17/h2-4,7,10-12,15H,5-6,8-9H2,1H3/t11-,15-/m1/s1. The first-order valence-electron chi connectivity index (χ1n) is 8.87. The molecule has 0 unspecified atom stereocenters. The molecule has 4 rings (SSSR count). The van der Waals surface area contributed by atoms with Crippen molar-refractivity contribution < 1.29 is 27.1 Å². The Morgan fingerprint density at radius 2 is 2.07 bits per heavy atom. The van der Waals surface area contributed by atoms with Gasteiger partial charge in [-0.1, -0.05) is 12.1 Å². The highest BCUT2D eigenvalue weighted by Gasteiger charge is 2.38. The van der Waals surface area contributed by atoms with Crippen LogP contribution in [-0.4, -0.2) is 35.0 Å². The maximum absolute atomic E-state index is 13.0. The summed E-state index contributed by atoms with van der Waals surface area (Å²) in [5.74, 6) is 0.203. The molecular weight excluding hydrogens is 361 g/mol. The minimum atomic E-state index is -4.42. The molecule has 1 aliphatic carbocycles. The highest BCUT2D eigenvalue weighted by atomic mass is 19.4. The average molecular weight is 380 g/mol. The Hall–Kier alpha value is -2.35. The molecule has 0 radical (unpaired) electrons. The van der Waals surface area contributed by atoms with Crippen LogP contribution >= 0.6 is 0 Å². The Morgan fingerprint density at radius 3 is 2.78 bits per heavy atom. The number of carbonyl (C=O) groups is 1. The van der Waals surface area contributed by atoms with E-state index in [-0.39, 0.29) is 36.8 Å². The van der Waals surface area contributed by atoms with Crippen molar-refractivity contribution in [3.63, 3.8) is 0 Å². The average Bonchev–Trinajstić information content (AvgIpc) is 3.37. The summed E-state index contributed by atoms with van der Waals surface area (Å²) < 4.78 is 50.0. The SMILES string of the molecule is C[C@@H]1CO[C@@H](c2cccc(C(F)(F)F)c2)CN1C(=O)c1ocnc1C1CC1. The third kappa shape index (κ3) is 3.58. The molecule has 144 valence electrons. The minimum Gasteiger partial charge on any atom is -0.438 e. The number of oxazole rings is 1. The second-order valence-electron chi connectivity index (χ2n) is 7.09. The Balaban J connectivity index is 1.56. The van der Waals surface area contributed by atoms with Crippen molar-refractivity contribution in [3.05, 3.63) is 53.2 Å². The van der Waals surface area contributed by atoms with Crippen molar-refractivity contribution in [1.82, 2.24) is 9.88 Å². The van der Waals surface area contributed by atoms with Crippen LogP contribution in [0.4, 0.5) is 13.2 Å². The summed E-state index contributed by atoms with van der Waals surface area (Å²) in [6.45, 7) is 2.24. The third-order valence-corrected chi connectivity index (χ3v) is 5.03. The van der Waals surface area contributed by atoms with E-state index >= 15 is 0 Å². The van der Waals surface area contributed by atoms with Crippen molar-refractivity contribution in [3.8, 4) is 0 Å². The molecule has 1 aromatic heterocycles. The largest absolute Gasteiger partial charge is 0.438 e. The smallest absolute Gasteiger partial charge is 0.416 e. The van der Waals surface area contributed by atoms with Crippen LogP contribution in [0.2, 0.25) is 0 Å². The van der Waals surface area contributed by atoms with Crippen molar-refractivity contribution in [2.24, 2.45) is 0 Å². The number of morpholine rings is 1. The van der Waals surface area contributed by atoms with E-state index in [1.54, 1.807) is 11.0 Å². The highest BCUT2D eigenvalue weighted by molar-refractivity contribution is 5.93. The summed E-state index contributed by atoms with van der Waals surface area (Å²) in [7, 11) is 0. The van der Waals surface area contributed by atoms with Gasteiger partial charge in [-0.3, -0.25) is 4.79 Å². The Labute approximate surface area is 154 Å². The molecule has 1 aliphatic heterocycles. The summed E-state index contributed by atoms with van der Waals surface area (Å²) in [6.07, 6.45) is -1.81. The van der Waals surface area contributed by atoms with E-state index in [1.807, 2.05) is 6.92 Å². The van der Waals surface area contributed by atoms with Crippen molar-refractivity contribution >= 4 is 5.91 Å². The van der Waals surface area contributed by atoms with Crippen LogP contribution in [0.5, 0.6) is 0 Å². The van der Waals surface area contributed by atoms with Gasteiger partial charge in [0.2, 0.25) is 5.76 Å². The van der Waals surface area contributed by atoms with E-state index in [1.165, 1.54) is 12.5 Å². The van der Waals surface area contributed by atoms with Gasteiger partial charge in [-0.25, -0.2) is 4.98 Å². The summed E-state index contributed by atoms with van der Waals surface area (Å²) in [5.41, 5.74) is 0.343. The third-order valence-electron chi connectivity index (χ3n) is 5.03. The minimum absolute atomic E-state index is 0.159. The second kappa shape index (κ2) is 6.67. The van der Waals surface area contributed by atoms with Gasteiger partial charge in [0.05, 0.1) is 30.5 Å². The zero-order chi connectivity index (χ0) is 19.2. The van der Waals surface area contributed by atoms with Crippen LogP contribution in [0, 0.1) is 0 Å². The molecule has 2 fully saturated rings. The summed E-state index contributed by atoms with van der Waals surface area (Å²) >= 11 is 0. The summed E-state index contributed by atoms with van der Waals surface area (Å²) in [4.78, 5) is 18.7. The number of halogens is 3. The number of aromatic nitrogens is 1. The molecule has 2 atom stereocenters. The molecule has 5 nitrogen and oxygen atoms in total. The Kier molecular flexibility index (Phi) is 4.46. The van der Waals surface area contributed by atoms with Crippen LogP contribution < -0.4 is 0 Å². The normalized spacial score (nSPS) is 23.5. The highest BCUT2D eigenvalue weighted by Crippen LogP contribution is 2.41. The number of amides is 1. The van der Waals surface area contributed by atoms with Gasteiger partial charge in [0.15, 0.2) is 6.39 Å². The van der Waals surface area contributed by atoms with E-state index in [4.69, 9.17) is 9.15 Å². The lowest BCUT2D eigenvalue weighted by atomic mass is 10.0. The number of nitrogens with zero attached hydrogens (tertiary/aromatic N) is 2. The van der Waals surface area contributed by atoms with Gasteiger partial charge in [0.1, 0.15) is 6.10 Å². The van der Waals surface area contributed by atoms with E-state index in [9.17, 15) is 18.0 Å². The first kappa shape index (κ1) is 18.0. The van der Waals surface area contributed by atoms with Gasteiger partial charge in [0.25, 0.3) is 5.91 Å². The molecule has 2 heterocycles. The molecule has 1 saturated carbocycles. The molecule has 1 amide bonds. The topological polar surface area (TPSA) is 55.6 Å². The molecule has 1 aromatic carbocycles.